The van der Waals surface area contributed by atoms with Crippen LogP contribution in [0.25, 0.3) is 11.0 Å². The number of halogens is 2. The van der Waals surface area contributed by atoms with E-state index in [2.05, 4.69) is 10.4 Å². The number of fused-ring (bicyclic) bond motifs is 5. The van der Waals surface area contributed by atoms with Gasteiger partial charge in [0.2, 0.25) is 0 Å². The average Bonchev–Trinajstić information content (AvgIpc) is 3.62. The van der Waals surface area contributed by atoms with E-state index in [9.17, 15) is 28.7 Å². The smallest absolute Gasteiger partial charge is 0.347 e. The van der Waals surface area contributed by atoms with Gasteiger partial charge in [-0.1, -0.05) is 41.9 Å². The molecule has 3 aliphatic rings. The first-order valence-corrected chi connectivity index (χ1v) is 19.4. The molecule has 4 aromatic carbocycles. The number of ether oxygens (including phenoxy) is 2. The number of hydrazine groups is 1. The molecule has 17 heteroatoms. The van der Waals surface area contributed by atoms with Crippen LogP contribution in [-0.2, 0) is 41.6 Å². The summed E-state index contributed by atoms with van der Waals surface area (Å²) in [4.78, 5) is 76.8. The minimum absolute atomic E-state index is 0.0222. The van der Waals surface area contributed by atoms with E-state index >= 15 is 4.79 Å². The standard InChI is InChI=1S/C43H37ClFN7O8/c1-48-34-22-36(60-3)35(59-2)21-32(34)46-31(39(48)55)17-18-49-41(57)50-19-16-29-33(52(50)42(49)58)20-30-38(54)51(47-27-12-10-26(45)11-13-27)40(56)43(30,24-6-8-25(44)9-7-24)37(29)23-4-14-28(53)15-5-23/h4-16,21-22,30,33,37,47,53H,17-20H2,1-3H3. The number of carbonyl (C=O) groups excluding carboxylic acids is 2. The lowest BCUT2D eigenvalue weighted by atomic mass is 9.53. The van der Waals surface area contributed by atoms with Crippen LogP contribution in [0, 0.1) is 11.7 Å². The molecule has 4 heterocycles. The highest BCUT2D eigenvalue weighted by Gasteiger charge is 2.68. The fraction of sp³-hybridized carbons (Fsp3) is 0.256. The lowest BCUT2D eigenvalue weighted by Crippen LogP contribution is -2.53. The molecule has 0 bridgehead atoms. The third-order valence-corrected chi connectivity index (χ3v) is 12.3. The number of benzene rings is 4. The number of allylic oxidation sites excluding steroid dienone is 2. The van der Waals surface area contributed by atoms with Crippen molar-refractivity contribution in [3.05, 3.63) is 156 Å². The Labute approximate surface area is 345 Å². The van der Waals surface area contributed by atoms with Crippen molar-refractivity contribution < 1.29 is 28.6 Å². The van der Waals surface area contributed by atoms with Gasteiger partial charge in [-0.3, -0.25) is 19.8 Å². The van der Waals surface area contributed by atoms with E-state index < -0.39 is 57.9 Å². The first-order chi connectivity index (χ1) is 28.9. The second-order valence-electron chi connectivity index (χ2n) is 15.0. The summed E-state index contributed by atoms with van der Waals surface area (Å²) in [6, 6.07) is 20.6. The molecule has 6 aromatic rings. The van der Waals surface area contributed by atoms with Crippen molar-refractivity contribution in [2.24, 2.45) is 13.0 Å². The van der Waals surface area contributed by atoms with Gasteiger partial charge in [0.25, 0.3) is 17.4 Å². The Bertz CT molecular complexity index is 2960. The van der Waals surface area contributed by atoms with Crippen LogP contribution in [0.5, 0.6) is 17.2 Å². The molecule has 4 atom stereocenters. The molecule has 2 N–H and O–H groups in total. The Morgan fingerprint density at radius 2 is 1.60 bits per heavy atom. The number of aromatic nitrogens is 5. The maximum absolute atomic E-state index is 15.2. The highest BCUT2D eigenvalue weighted by molar-refractivity contribution is 6.30. The maximum atomic E-state index is 15.2. The van der Waals surface area contributed by atoms with E-state index in [-0.39, 0.29) is 43.1 Å². The number of aromatic hydroxyl groups is 1. The number of methoxy groups -OCH3 is 2. The minimum Gasteiger partial charge on any atom is -0.508 e. The zero-order valence-corrected chi connectivity index (χ0v) is 33.2. The number of imide groups is 1. The van der Waals surface area contributed by atoms with Crippen LogP contribution in [0.1, 0.15) is 35.2 Å². The fourth-order valence-corrected chi connectivity index (χ4v) is 9.41. The van der Waals surface area contributed by atoms with Crippen molar-refractivity contribution >= 4 is 40.1 Å². The van der Waals surface area contributed by atoms with Crippen LogP contribution in [-0.4, -0.2) is 59.6 Å². The van der Waals surface area contributed by atoms with Crippen LogP contribution < -0.4 is 31.8 Å². The summed E-state index contributed by atoms with van der Waals surface area (Å²) < 4.78 is 29.9. The zero-order valence-electron chi connectivity index (χ0n) is 32.5. The molecular weight excluding hydrogens is 797 g/mol. The molecular formula is C43H37ClFN7O8. The number of rotatable bonds is 9. The monoisotopic (exact) mass is 833 g/mol. The Hall–Kier alpha value is -6.94. The van der Waals surface area contributed by atoms with Crippen molar-refractivity contribution in [2.75, 3.05) is 19.6 Å². The van der Waals surface area contributed by atoms with Crippen LogP contribution in [0.4, 0.5) is 10.1 Å². The van der Waals surface area contributed by atoms with Gasteiger partial charge in [0, 0.05) is 43.1 Å². The van der Waals surface area contributed by atoms with Crippen molar-refractivity contribution in [3.8, 4) is 17.2 Å². The third-order valence-electron chi connectivity index (χ3n) is 12.0. The van der Waals surface area contributed by atoms with Gasteiger partial charge < -0.3 is 19.1 Å². The second kappa shape index (κ2) is 14.4. The number of carbonyl (C=O) groups is 2. The molecule has 2 aromatic heterocycles. The number of hydrogen-bond acceptors (Lipinski definition) is 10. The van der Waals surface area contributed by atoms with Crippen LogP contribution in [0.2, 0.25) is 5.02 Å². The molecule has 4 unspecified atom stereocenters. The lowest BCUT2D eigenvalue weighted by molar-refractivity contribution is -0.138. The minimum atomic E-state index is -1.60. The third kappa shape index (κ3) is 5.76. The molecule has 2 aliphatic heterocycles. The Morgan fingerprint density at radius 1 is 0.917 bits per heavy atom. The van der Waals surface area contributed by atoms with Gasteiger partial charge in [-0.2, -0.15) is 5.01 Å². The molecule has 1 saturated heterocycles. The van der Waals surface area contributed by atoms with E-state index in [4.69, 9.17) is 21.1 Å². The van der Waals surface area contributed by atoms with Gasteiger partial charge in [0.05, 0.1) is 54.9 Å². The maximum Gasteiger partial charge on any atom is 0.347 e. The average molecular weight is 834 g/mol. The number of anilines is 1. The van der Waals surface area contributed by atoms with Gasteiger partial charge in [-0.25, -0.2) is 32.9 Å². The van der Waals surface area contributed by atoms with E-state index in [1.165, 1.54) is 64.5 Å². The van der Waals surface area contributed by atoms with E-state index in [0.717, 1.165) is 9.58 Å². The zero-order chi connectivity index (χ0) is 42.2. The molecule has 1 aliphatic carbocycles. The number of hydrogen-bond donors (Lipinski definition) is 2. The summed E-state index contributed by atoms with van der Waals surface area (Å²) >= 11 is 6.36. The highest BCUT2D eigenvalue weighted by Crippen LogP contribution is 2.62. The largest absolute Gasteiger partial charge is 0.508 e. The molecule has 2 fully saturated rings. The van der Waals surface area contributed by atoms with Crippen molar-refractivity contribution in [3.63, 3.8) is 0 Å². The normalized spacial score (nSPS) is 20.7. The van der Waals surface area contributed by atoms with Gasteiger partial charge in [0.15, 0.2) is 11.5 Å². The van der Waals surface area contributed by atoms with Gasteiger partial charge >= 0.3 is 11.4 Å². The topological polar surface area (TPSA) is 172 Å². The molecule has 306 valence electrons. The first kappa shape index (κ1) is 38.6. The van der Waals surface area contributed by atoms with Crippen molar-refractivity contribution in [1.29, 1.82) is 0 Å². The molecule has 1 saturated carbocycles. The molecule has 0 spiro atoms. The quantitative estimate of drug-likeness (QED) is 0.157. The van der Waals surface area contributed by atoms with Crippen LogP contribution in [0.15, 0.2) is 111 Å². The molecule has 60 heavy (non-hydrogen) atoms. The number of amides is 2. The summed E-state index contributed by atoms with van der Waals surface area (Å²) in [5, 5.41) is 11.7. The molecule has 9 rings (SSSR count). The molecule has 2 amide bonds. The lowest BCUT2D eigenvalue weighted by Gasteiger charge is -2.49. The first-order valence-electron chi connectivity index (χ1n) is 19.1. The number of phenols is 1. The number of nitrogens with zero attached hydrogens (tertiary/aromatic N) is 6. The van der Waals surface area contributed by atoms with Crippen LogP contribution in [0.3, 0.4) is 0 Å². The Morgan fingerprint density at radius 3 is 2.28 bits per heavy atom. The fourth-order valence-electron chi connectivity index (χ4n) is 9.29. The summed E-state index contributed by atoms with van der Waals surface area (Å²) in [5.74, 6) is -2.87. The van der Waals surface area contributed by atoms with Crippen LogP contribution >= 0.6 is 11.6 Å². The van der Waals surface area contributed by atoms with Gasteiger partial charge in [-0.15, -0.1) is 0 Å². The number of phenolic OH excluding ortho intramolecular Hbond substituents is 1. The second-order valence-corrected chi connectivity index (χ2v) is 15.5. The van der Waals surface area contributed by atoms with E-state index in [0.29, 0.717) is 44.3 Å². The summed E-state index contributed by atoms with van der Waals surface area (Å²) in [6.07, 6.45) is 1.70. The Balaban J connectivity index is 1.16. The van der Waals surface area contributed by atoms with Crippen molar-refractivity contribution in [2.45, 2.75) is 43.3 Å². The predicted octanol–water partition coefficient (Wildman–Crippen LogP) is 4.44. The Kier molecular flexibility index (Phi) is 9.26. The van der Waals surface area contributed by atoms with E-state index in [1.54, 1.807) is 55.6 Å². The highest BCUT2D eigenvalue weighted by atomic mass is 35.5. The summed E-state index contributed by atoms with van der Waals surface area (Å²) in [6.45, 7) is -0.222. The molecule has 15 nitrogen and oxygen atoms in total. The van der Waals surface area contributed by atoms with Gasteiger partial charge in [-0.05, 0) is 71.7 Å². The summed E-state index contributed by atoms with van der Waals surface area (Å²) in [5.41, 5.74) is 2.64. The van der Waals surface area contributed by atoms with Gasteiger partial charge in [0.1, 0.15) is 17.3 Å². The van der Waals surface area contributed by atoms with E-state index in [1.807, 2.05) is 6.08 Å². The predicted molar refractivity (Wildman–Crippen MR) is 218 cm³/mol. The SMILES string of the molecule is COc1cc2nc(CCn3c(=O)n4n(c3=O)C3CC5C(=O)N(Nc6ccc(F)cc6)C(=O)C5(c5ccc(Cl)cc5)C(c5ccc(O)cc5)C3=CC4)c(=O)n(C)c2cc1OC. The number of nitrogens with one attached hydrogen (secondary N) is 1. The van der Waals surface area contributed by atoms with Crippen molar-refractivity contribution in [1.82, 2.24) is 28.5 Å². The molecule has 0 radical (unpaired) electrons. The number of aryl methyl sites for hydroxylation is 2. The summed E-state index contributed by atoms with van der Waals surface area (Å²) in [7, 11) is 4.57.